The minimum atomic E-state index is -1.08. The highest BCUT2D eigenvalue weighted by atomic mass is 19.2. The quantitative estimate of drug-likeness (QED) is 0.652. The second kappa shape index (κ2) is 8.23. The van der Waals surface area contributed by atoms with Crippen LogP contribution in [0.2, 0.25) is 0 Å². The molecule has 0 bridgehead atoms. The van der Waals surface area contributed by atoms with Gasteiger partial charge in [-0.05, 0) is 38.4 Å². The Morgan fingerprint density at radius 1 is 1.19 bits per heavy atom. The number of carbonyl (C=O) groups excluding carboxylic acids is 2. The second-order valence-electron chi connectivity index (χ2n) is 7.28. The Kier molecular flexibility index (Phi) is 5.47. The zero-order chi connectivity index (χ0) is 22.1. The van der Waals surface area contributed by atoms with Gasteiger partial charge in [0.15, 0.2) is 17.4 Å². The SMILES string of the molecule is CN(C)CCOC(=O)Nc1nc2ccc(C3=NCC(=O)c4cc(F)c(F)cc43)cc2[nH]1. The number of ether oxygens (including phenoxy) is 1. The van der Waals surface area contributed by atoms with E-state index in [2.05, 4.69) is 20.3 Å². The van der Waals surface area contributed by atoms with E-state index in [0.717, 1.165) is 12.1 Å². The molecule has 0 saturated carbocycles. The van der Waals surface area contributed by atoms with Crippen molar-refractivity contribution in [1.29, 1.82) is 0 Å². The molecule has 1 aromatic heterocycles. The zero-order valence-corrected chi connectivity index (χ0v) is 16.8. The van der Waals surface area contributed by atoms with Gasteiger partial charge in [-0.25, -0.2) is 18.6 Å². The van der Waals surface area contributed by atoms with Crippen LogP contribution in [0.1, 0.15) is 21.5 Å². The average molecular weight is 427 g/mol. The second-order valence-corrected chi connectivity index (χ2v) is 7.28. The number of aromatic amines is 1. The van der Waals surface area contributed by atoms with Crippen molar-refractivity contribution in [2.75, 3.05) is 39.1 Å². The lowest BCUT2D eigenvalue weighted by Crippen LogP contribution is -2.22. The molecule has 160 valence electrons. The Hall–Kier alpha value is -3.66. The first kappa shape index (κ1) is 20.6. The molecule has 0 atom stereocenters. The third-order valence-electron chi connectivity index (χ3n) is 4.74. The van der Waals surface area contributed by atoms with Gasteiger partial charge in [-0.2, -0.15) is 0 Å². The number of nitrogens with zero attached hydrogens (tertiary/aromatic N) is 3. The number of nitrogens with one attached hydrogen (secondary N) is 2. The monoisotopic (exact) mass is 427 g/mol. The van der Waals surface area contributed by atoms with Crippen LogP contribution in [0, 0.1) is 11.6 Å². The third kappa shape index (κ3) is 4.29. The molecule has 1 aliphatic rings. The molecular weight excluding hydrogens is 408 g/mol. The van der Waals surface area contributed by atoms with Gasteiger partial charge in [0, 0.05) is 23.2 Å². The van der Waals surface area contributed by atoms with Gasteiger partial charge in [-0.15, -0.1) is 0 Å². The van der Waals surface area contributed by atoms with E-state index in [1.54, 1.807) is 18.2 Å². The normalized spacial score (nSPS) is 13.3. The van der Waals surface area contributed by atoms with E-state index in [1.807, 2.05) is 19.0 Å². The Bertz CT molecular complexity index is 1220. The topological polar surface area (TPSA) is 99.7 Å². The summed E-state index contributed by atoms with van der Waals surface area (Å²) in [6, 6.07) is 7.00. The summed E-state index contributed by atoms with van der Waals surface area (Å²) in [6.45, 7) is 0.672. The summed E-state index contributed by atoms with van der Waals surface area (Å²) in [5.41, 5.74) is 2.46. The van der Waals surface area contributed by atoms with Crippen LogP contribution in [0.25, 0.3) is 11.0 Å². The van der Waals surface area contributed by atoms with Gasteiger partial charge in [-0.1, -0.05) is 6.07 Å². The number of likely N-dealkylation sites (N-methyl/N-ethyl adjacent to an activating group) is 1. The minimum absolute atomic E-state index is 0.0939. The molecule has 1 amide bonds. The van der Waals surface area contributed by atoms with Gasteiger partial charge in [0.1, 0.15) is 13.2 Å². The number of fused-ring (bicyclic) bond motifs is 2. The molecule has 31 heavy (non-hydrogen) atoms. The fourth-order valence-electron chi connectivity index (χ4n) is 3.21. The van der Waals surface area contributed by atoms with Crippen molar-refractivity contribution >= 4 is 34.6 Å². The number of hydrogen-bond acceptors (Lipinski definition) is 6. The number of amides is 1. The zero-order valence-electron chi connectivity index (χ0n) is 16.8. The number of carbonyl (C=O) groups is 2. The Balaban J connectivity index is 1.59. The maximum Gasteiger partial charge on any atom is 0.414 e. The molecule has 0 radical (unpaired) electrons. The van der Waals surface area contributed by atoms with E-state index < -0.39 is 17.7 Å². The fourth-order valence-corrected chi connectivity index (χ4v) is 3.21. The van der Waals surface area contributed by atoms with Crippen molar-refractivity contribution in [2.24, 2.45) is 4.99 Å². The number of hydrogen-bond donors (Lipinski definition) is 2. The minimum Gasteiger partial charge on any atom is -0.448 e. The van der Waals surface area contributed by atoms with Crippen LogP contribution in [0.15, 0.2) is 35.3 Å². The van der Waals surface area contributed by atoms with Gasteiger partial charge in [0.05, 0.1) is 16.7 Å². The Morgan fingerprint density at radius 2 is 1.94 bits per heavy atom. The van der Waals surface area contributed by atoms with Crippen LogP contribution in [-0.4, -0.2) is 66.2 Å². The van der Waals surface area contributed by atoms with Crippen molar-refractivity contribution in [1.82, 2.24) is 14.9 Å². The van der Waals surface area contributed by atoms with E-state index in [0.29, 0.717) is 28.9 Å². The average Bonchev–Trinajstić information content (AvgIpc) is 3.10. The maximum atomic E-state index is 13.8. The molecule has 1 aliphatic heterocycles. The molecule has 0 saturated heterocycles. The lowest BCUT2D eigenvalue weighted by Gasteiger charge is -2.16. The summed E-state index contributed by atoms with van der Waals surface area (Å²) < 4.78 is 32.5. The highest BCUT2D eigenvalue weighted by Crippen LogP contribution is 2.25. The predicted octanol–water partition coefficient (Wildman–Crippen LogP) is 2.98. The standard InChI is InChI=1S/C21H19F2N5O3/c1-28(2)5-6-31-21(30)27-20-25-16-4-3-11(7-17(16)26-20)19-13-9-15(23)14(22)8-12(13)18(29)10-24-19/h3-4,7-9H,5-6,10H2,1-2H3,(H2,25,26,27,30). The summed E-state index contributed by atoms with van der Waals surface area (Å²) >= 11 is 0. The van der Waals surface area contributed by atoms with E-state index in [9.17, 15) is 18.4 Å². The van der Waals surface area contributed by atoms with Gasteiger partial charge < -0.3 is 14.6 Å². The first-order valence-electron chi connectivity index (χ1n) is 9.47. The molecular formula is C21H19F2N5O3. The molecule has 2 aromatic carbocycles. The number of aliphatic imine (C=N–C) groups is 1. The predicted molar refractivity (Wildman–Crippen MR) is 111 cm³/mol. The van der Waals surface area contributed by atoms with Crippen molar-refractivity contribution in [3.05, 3.63) is 58.7 Å². The number of benzene rings is 2. The van der Waals surface area contributed by atoms with Crippen molar-refractivity contribution in [3.63, 3.8) is 0 Å². The molecule has 3 aromatic rings. The summed E-state index contributed by atoms with van der Waals surface area (Å²) in [5.74, 6) is -2.30. The number of H-pyrrole nitrogens is 1. The van der Waals surface area contributed by atoms with Crippen LogP contribution >= 0.6 is 0 Å². The summed E-state index contributed by atoms with van der Waals surface area (Å²) in [5, 5.41) is 2.53. The number of ketones is 1. The molecule has 0 fully saturated rings. The first-order chi connectivity index (χ1) is 14.8. The lowest BCUT2D eigenvalue weighted by molar-refractivity contribution is 0.0999. The smallest absolute Gasteiger partial charge is 0.414 e. The van der Waals surface area contributed by atoms with E-state index in [-0.39, 0.29) is 36.0 Å². The summed E-state index contributed by atoms with van der Waals surface area (Å²) in [7, 11) is 3.74. The number of rotatable bonds is 5. The van der Waals surface area contributed by atoms with Crippen LogP contribution in [0.3, 0.4) is 0 Å². The van der Waals surface area contributed by atoms with Crippen molar-refractivity contribution in [2.45, 2.75) is 0 Å². The van der Waals surface area contributed by atoms with Gasteiger partial charge in [0.25, 0.3) is 0 Å². The Labute approximate surface area is 175 Å². The summed E-state index contributed by atoms with van der Waals surface area (Å²) in [6.07, 6.45) is -0.636. The third-order valence-corrected chi connectivity index (χ3v) is 4.74. The highest BCUT2D eigenvalue weighted by molar-refractivity contribution is 6.22. The number of aromatic nitrogens is 2. The van der Waals surface area contributed by atoms with Crippen LogP contribution in [-0.2, 0) is 4.74 Å². The van der Waals surface area contributed by atoms with E-state index in [4.69, 9.17) is 4.74 Å². The van der Waals surface area contributed by atoms with Crippen molar-refractivity contribution < 1.29 is 23.1 Å². The summed E-state index contributed by atoms with van der Waals surface area (Å²) in [4.78, 5) is 37.4. The molecule has 10 heteroatoms. The molecule has 4 rings (SSSR count). The van der Waals surface area contributed by atoms with Crippen LogP contribution in [0.4, 0.5) is 19.5 Å². The molecule has 8 nitrogen and oxygen atoms in total. The number of halogens is 2. The van der Waals surface area contributed by atoms with Crippen LogP contribution in [0.5, 0.6) is 0 Å². The highest BCUT2D eigenvalue weighted by Gasteiger charge is 2.24. The maximum absolute atomic E-state index is 13.8. The van der Waals surface area contributed by atoms with Crippen molar-refractivity contribution in [3.8, 4) is 0 Å². The number of anilines is 1. The van der Waals surface area contributed by atoms with Gasteiger partial charge in [0.2, 0.25) is 5.95 Å². The lowest BCUT2D eigenvalue weighted by atomic mass is 9.92. The van der Waals surface area contributed by atoms with Crippen LogP contribution < -0.4 is 5.32 Å². The number of Topliss-reactive ketones (excluding diaryl/α,β-unsaturated/α-hetero) is 1. The van der Waals surface area contributed by atoms with E-state index >= 15 is 0 Å². The van der Waals surface area contributed by atoms with Gasteiger partial charge in [-0.3, -0.25) is 15.1 Å². The fraction of sp³-hybridized carbons (Fsp3) is 0.238. The molecule has 0 spiro atoms. The Morgan fingerprint density at radius 3 is 2.68 bits per heavy atom. The largest absolute Gasteiger partial charge is 0.448 e. The number of imidazole rings is 1. The molecule has 0 aliphatic carbocycles. The molecule has 2 heterocycles. The first-order valence-corrected chi connectivity index (χ1v) is 9.47. The van der Waals surface area contributed by atoms with Gasteiger partial charge >= 0.3 is 6.09 Å². The molecule has 2 N–H and O–H groups in total. The molecule has 0 unspecified atom stereocenters. The van der Waals surface area contributed by atoms with E-state index in [1.165, 1.54) is 0 Å².